The summed E-state index contributed by atoms with van der Waals surface area (Å²) in [6.07, 6.45) is 2.09. The van der Waals surface area contributed by atoms with E-state index in [4.69, 9.17) is 5.73 Å². The van der Waals surface area contributed by atoms with Crippen molar-refractivity contribution in [2.45, 2.75) is 38.6 Å². The second kappa shape index (κ2) is 6.92. The van der Waals surface area contributed by atoms with Crippen molar-refractivity contribution in [3.8, 4) is 0 Å². The minimum atomic E-state index is -0.375. The Kier molecular flexibility index (Phi) is 5.83. The van der Waals surface area contributed by atoms with Gasteiger partial charge in [-0.05, 0) is 43.7 Å². The molecule has 0 bridgehead atoms. The molecule has 1 aliphatic rings. The van der Waals surface area contributed by atoms with Gasteiger partial charge in [-0.1, -0.05) is 24.3 Å². The van der Waals surface area contributed by atoms with E-state index < -0.39 is 0 Å². The molecule has 1 aromatic carbocycles. The van der Waals surface area contributed by atoms with Gasteiger partial charge in [0, 0.05) is 13.1 Å². The molecule has 0 unspecified atom stereocenters. The van der Waals surface area contributed by atoms with Crippen LogP contribution in [0.15, 0.2) is 24.3 Å². The molecule has 1 amide bonds. The Morgan fingerprint density at radius 1 is 1.32 bits per heavy atom. The van der Waals surface area contributed by atoms with Crippen LogP contribution in [0.1, 0.15) is 36.8 Å². The van der Waals surface area contributed by atoms with E-state index in [0.29, 0.717) is 5.92 Å². The lowest BCUT2D eigenvalue weighted by Gasteiger charge is -2.33. The van der Waals surface area contributed by atoms with Gasteiger partial charge in [0.05, 0.1) is 6.04 Å². The number of hydrogen-bond donors (Lipinski definition) is 1. The lowest BCUT2D eigenvalue weighted by Crippen LogP contribution is -2.45. The first-order valence-electron chi connectivity index (χ1n) is 6.69. The van der Waals surface area contributed by atoms with E-state index in [9.17, 15) is 4.79 Å². The third-order valence-corrected chi connectivity index (χ3v) is 3.82. The highest BCUT2D eigenvalue weighted by atomic mass is 35.5. The summed E-state index contributed by atoms with van der Waals surface area (Å²) in [5.41, 5.74) is 8.44. The number of hydrogen-bond acceptors (Lipinski definition) is 2. The van der Waals surface area contributed by atoms with Crippen molar-refractivity contribution in [2.75, 3.05) is 13.1 Å². The van der Waals surface area contributed by atoms with Gasteiger partial charge >= 0.3 is 0 Å². The summed E-state index contributed by atoms with van der Waals surface area (Å²) in [5.74, 6) is 0.668. The summed E-state index contributed by atoms with van der Waals surface area (Å²) >= 11 is 0. The van der Waals surface area contributed by atoms with Crippen LogP contribution >= 0.6 is 12.4 Å². The third-order valence-electron chi connectivity index (χ3n) is 3.82. The molecule has 106 valence electrons. The Morgan fingerprint density at radius 2 is 1.89 bits per heavy atom. The first kappa shape index (κ1) is 16.0. The van der Waals surface area contributed by atoms with Gasteiger partial charge in [-0.3, -0.25) is 4.79 Å². The van der Waals surface area contributed by atoms with Crippen molar-refractivity contribution >= 4 is 18.3 Å². The molecule has 2 rings (SSSR count). The number of nitrogens with two attached hydrogens (primary N) is 1. The number of benzene rings is 1. The smallest absolute Gasteiger partial charge is 0.239 e. The molecule has 19 heavy (non-hydrogen) atoms. The van der Waals surface area contributed by atoms with Crippen LogP contribution in [0.25, 0.3) is 0 Å². The number of rotatable bonds is 2. The number of nitrogens with zero attached hydrogens (tertiary/aromatic N) is 1. The van der Waals surface area contributed by atoms with Crippen LogP contribution in [-0.2, 0) is 4.79 Å². The Hall–Kier alpha value is -1.06. The lowest BCUT2D eigenvalue weighted by atomic mass is 9.87. The summed E-state index contributed by atoms with van der Waals surface area (Å²) in [5, 5.41) is 0. The van der Waals surface area contributed by atoms with E-state index in [1.165, 1.54) is 11.1 Å². The Labute approximate surface area is 121 Å². The predicted molar refractivity (Wildman–Crippen MR) is 80.6 cm³/mol. The second-order valence-corrected chi connectivity index (χ2v) is 5.24. The fourth-order valence-corrected chi connectivity index (χ4v) is 2.74. The number of carbonyl (C=O) groups is 1. The van der Waals surface area contributed by atoms with Crippen molar-refractivity contribution in [3.63, 3.8) is 0 Å². The van der Waals surface area contributed by atoms with E-state index in [1.54, 1.807) is 6.92 Å². The molecule has 0 radical (unpaired) electrons. The van der Waals surface area contributed by atoms with Gasteiger partial charge in [-0.2, -0.15) is 0 Å². The molecule has 3 nitrogen and oxygen atoms in total. The molecule has 1 atom stereocenters. The van der Waals surface area contributed by atoms with Crippen LogP contribution in [0.3, 0.4) is 0 Å². The molecule has 4 heteroatoms. The van der Waals surface area contributed by atoms with E-state index in [0.717, 1.165) is 25.9 Å². The molecular weight excluding hydrogens is 260 g/mol. The zero-order chi connectivity index (χ0) is 13.1. The largest absolute Gasteiger partial charge is 0.341 e. The van der Waals surface area contributed by atoms with Gasteiger partial charge in [0.15, 0.2) is 0 Å². The molecule has 0 spiro atoms. The van der Waals surface area contributed by atoms with Gasteiger partial charge in [0.1, 0.15) is 0 Å². The quantitative estimate of drug-likeness (QED) is 0.906. The van der Waals surface area contributed by atoms with E-state index in [2.05, 4.69) is 31.2 Å². The van der Waals surface area contributed by atoms with Crippen LogP contribution < -0.4 is 5.73 Å². The maximum absolute atomic E-state index is 11.8. The Morgan fingerprint density at radius 3 is 2.42 bits per heavy atom. The highest BCUT2D eigenvalue weighted by Crippen LogP contribution is 2.30. The SMILES string of the molecule is Cc1ccccc1C1CCN(C(=O)[C@@H](C)N)CC1.Cl. The van der Waals surface area contributed by atoms with E-state index >= 15 is 0 Å². The van der Waals surface area contributed by atoms with Gasteiger partial charge < -0.3 is 10.6 Å². The average Bonchev–Trinajstić information content (AvgIpc) is 2.38. The molecule has 1 aliphatic heterocycles. The number of likely N-dealkylation sites (tertiary alicyclic amines) is 1. The lowest BCUT2D eigenvalue weighted by molar-refractivity contribution is -0.133. The van der Waals surface area contributed by atoms with Gasteiger partial charge in [-0.25, -0.2) is 0 Å². The summed E-state index contributed by atoms with van der Waals surface area (Å²) < 4.78 is 0. The molecule has 1 aromatic rings. The molecule has 2 N–H and O–H groups in total. The van der Waals surface area contributed by atoms with Crippen molar-refractivity contribution in [2.24, 2.45) is 5.73 Å². The summed E-state index contributed by atoms with van der Waals surface area (Å²) in [4.78, 5) is 13.7. The van der Waals surface area contributed by atoms with Crippen molar-refractivity contribution in [1.82, 2.24) is 4.90 Å². The van der Waals surface area contributed by atoms with Gasteiger partial charge in [0.2, 0.25) is 5.91 Å². The maximum Gasteiger partial charge on any atom is 0.239 e. The highest BCUT2D eigenvalue weighted by molar-refractivity contribution is 5.85. The number of halogens is 1. The first-order valence-corrected chi connectivity index (χ1v) is 6.69. The van der Waals surface area contributed by atoms with Crippen molar-refractivity contribution < 1.29 is 4.79 Å². The second-order valence-electron chi connectivity index (χ2n) is 5.24. The number of carbonyl (C=O) groups excluding carboxylic acids is 1. The number of amides is 1. The normalized spacial score (nSPS) is 17.7. The van der Waals surface area contributed by atoms with Crippen LogP contribution in [0.4, 0.5) is 0 Å². The number of aryl methyl sites for hydroxylation is 1. The van der Waals surface area contributed by atoms with E-state index in [-0.39, 0.29) is 24.4 Å². The maximum atomic E-state index is 11.8. The zero-order valence-electron chi connectivity index (χ0n) is 11.6. The van der Waals surface area contributed by atoms with Gasteiger partial charge in [-0.15, -0.1) is 12.4 Å². The number of piperidine rings is 1. The van der Waals surface area contributed by atoms with Crippen molar-refractivity contribution in [3.05, 3.63) is 35.4 Å². The van der Waals surface area contributed by atoms with Crippen LogP contribution in [0, 0.1) is 6.92 Å². The van der Waals surface area contributed by atoms with Crippen LogP contribution in [0.5, 0.6) is 0 Å². The predicted octanol–water partition coefficient (Wildman–Crippen LogP) is 2.47. The molecule has 0 aliphatic carbocycles. The van der Waals surface area contributed by atoms with Crippen LogP contribution in [-0.4, -0.2) is 29.9 Å². The Balaban J connectivity index is 0.00000180. The molecule has 1 saturated heterocycles. The standard InChI is InChI=1S/C15H22N2O.ClH/c1-11-5-3-4-6-14(11)13-7-9-17(10-8-13)15(18)12(2)16;/h3-6,12-13H,7-10,16H2,1-2H3;1H/t12-;/m1./s1. The third kappa shape index (κ3) is 3.71. The fraction of sp³-hybridized carbons (Fsp3) is 0.533. The summed E-state index contributed by atoms with van der Waals surface area (Å²) in [6, 6.07) is 8.17. The zero-order valence-corrected chi connectivity index (χ0v) is 12.5. The van der Waals surface area contributed by atoms with E-state index in [1.807, 2.05) is 4.90 Å². The minimum absolute atomic E-state index is 0. The molecular formula is C15H23ClN2O. The van der Waals surface area contributed by atoms with Crippen LogP contribution in [0.2, 0.25) is 0 Å². The Bertz CT molecular complexity index is 426. The molecule has 1 fully saturated rings. The van der Waals surface area contributed by atoms with Gasteiger partial charge in [0.25, 0.3) is 0 Å². The topological polar surface area (TPSA) is 46.3 Å². The van der Waals surface area contributed by atoms with Crippen molar-refractivity contribution in [1.29, 1.82) is 0 Å². The fourth-order valence-electron chi connectivity index (χ4n) is 2.74. The average molecular weight is 283 g/mol. The highest BCUT2D eigenvalue weighted by Gasteiger charge is 2.25. The minimum Gasteiger partial charge on any atom is -0.341 e. The molecule has 1 heterocycles. The monoisotopic (exact) mass is 282 g/mol. The summed E-state index contributed by atoms with van der Waals surface area (Å²) in [6.45, 7) is 5.59. The molecule has 0 aromatic heterocycles. The first-order chi connectivity index (χ1) is 8.59. The summed E-state index contributed by atoms with van der Waals surface area (Å²) in [7, 11) is 0. The molecule has 0 saturated carbocycles.